The maximum Gasteiger partial charge on any atom is 0.230 e. The molecule has 1 N–H and O–H groups in total. The molecule has 1 aromatic heterocycles. The molecule has 1 aromatic carbocycles. The summed E-state index contributed by atoms with van der Waals surface area (Å²) in [4.78, 5) is 20.2. The number of benzene rings is 1. The molecular weight excluding hydrogens is 288 g/mol. The minimum Gasteiger partial charge on any atom is -0.361 e. The van der Waals surface area contributed by atoms with Gasteiger partial charge in [-0.2, -0.15) is 0 Å². The third-order valence-electron chi connectivity index (χ3n) is 3.70. The Morgan fingerprint density at radius 2 is 2.09 bits per heavy atom. The molecular formula is C16H15F2N3O. The van der Waals surface area contributed by atoms with E-state index in [9.17, 15) is 13.6 Å². The summed E-state index contributed by atoms with van der Waals surface area (Å²) < 4.78 is 28.8. The number of amides is 1. The van der Waals surface area contributed by atoms with Gasteiger partial charge in [0.2, 0.25) is 5.91 Å². The topological polar surface area (TPSA) is 48.5 Å². The largest absolute Gasteiger partial charge is 0.361 e. The Kier molecular flexibility index (Phi) is 3.52. The van der Waals surface area contributed by atoms with Crippen molar-refractivity contribution in [3.05, 3.63) is 47.7 Å². The number of hydrogen-bond donors (Lipinski definition) is 1. The van der Waals surface area contributed by atoms with Crippen LogP contribution < -0.4 is 0 Å². The maximum absolute atomic E-state index is 14.5. The van der Waals surface area contributed by atoms with E-state index in [0.717, 1.165) is 0 Å². The molecule has 4 nitrogen and oxygen atoms in total. The second kappa shape index (κ2) is 5.36. The number of halogens is 2. The Morgan fingerprint density at radius 1 is 1.32 bits per heavy atom. The standard InChI is InChI=1S/C16H15F2N3O/c1-21(2)16(22)9-7-12(17)15(20-8-9)11-3-4-13-10(14(11)18)5-6-19-13/h3-7,9,19H,8H2,1-2H3. The molecule has 0 bridgehead atoms. The number of nitrogens with zero attached hydrogens (tertiary/aromatic N) is 2. The molecule has 0 saturated carbocycles. The number of carbonyl (C=O) groups excluding carboxylic acids is 1. The summed E-state index contributed by atoms with van der Waals surface area (Å²) in [5, 5.41) is 0.388. The Labute approximate surface area is 126 Å². The molecule has 0 aliphatic carbocycles. The maximum atomic E-state index is 14.5. The summed E-state index contributed by atoms with van der Waals surface area (Å²) in [6.07, 6.45) is 2.84. The highest BCUT2D eigenvalue weighted by molar-refractivity contribution is 6.13. The first-order valence-corrected chi connectivity index (χ1v) is 6.88. The molecule has 114 valence electrons. The van der Waals surface area contributed by atoms with E-state index in [-0.39, 0.29) is 23.7 Å². The van der Waals surface area contributed by atoms with Gasteiger partial charge in [0.1, 0.15) is 17.4 Å². The van der Waals surface area contributed by atoms with Gasteiger partial charge in [-0.25, -0.2) is 8.78 Å². The molecule has 3 rings (SSSR count). The molecule has 0 radical (unpaired) electrons. The number of dihydropyridines is 1. The van der Waals surface area contributed by atoms with Gasteiger partial charge in [-0.15, -0.1) is 0 Å². The van der Waals surface area contributed by atoms with E-state index in [4.69, 9.17) is 0 Å². The van der Waals surface area contributed by atoms with E-state index in [1.165, 1.54) is 17.0 Å². The predicted octanol–water partition coefficient (Wildman–Crippen LogP) is 2.67. The molecule has 0 spiro atoms. The van der Waals surface area contributed by atoms with Gasteiger partial charge in [0.05, 0.1) is 12.5 Å². The van der Waals surface area contributed by atoms with Crippen molar-refractivity contribution in [1.82, 2.24) is 9.88 Å². The lowest BCUT2D eigenvalue weighted by atomic mass is 9.98. The van der Waals surface area contributed by atoms with Gasteiger partial charge in [0, 0.05) is 36.8 Å². The predicted molar refractivity (Wildman–Crippen MR) is 81.0 cm³/mol. The van der Waals surface area contributed by atoms with Crippen LogP contribution in [-0.2, 0) is 4.79 Å². The number of aromatic amines is 1. The summed E-state index contributed by atoms with van der Waals surface area (Å²) in [5.74, 6) is -2.05. The van der Waals surface area contributed by atoms with Gasteiger partial charge in [-0.1, -0.05) is 0 Å². The fraction of sp³-hybridized carbons (Fsp3) is 0.250. The fourth-order valence-corrected chi connectivity index (χ4v) is 2.55. The van der Waals surface area contributed by atoms with E-state index in [2.05, 4.69) is 9.98 Å². The number of carbonyl (C=O) groups is 1. The van der Waals surface area contributed by atoms with Gasteiger partial charge in [0.15, 0.2) is 0 Å². The second-order valence-corrected chi connectivity index (χ2v) is 5.41. The molecule has 2 aromatic rings. The average molecular weight is 303 g/mol. The number of H-pyrrole nitrogens is 1. The van der Waals surface area contributed by atoms with E-state index in [0.29, 0.717) is 10.9 Å². The third kappa shape index (κ3) is 2.30. The van der Waals surface area contributed by atoms with Crippen LogP contribution in [0.5, 0.6) is 0 Å². The Bertz CT molecular complexity index is 805. The smallest absolute Gasteiger partial charge is 0.230 e. The summed E-state index contributed by atoms with van der Waals surface area (Å²) in [7, 11) is 3.21. The van der Waals surface area contributed by atoms with Crippen molar-refractivity contribution in [2.75, 3.05) is 20.6 Å². The minimum atomic E-state index is -0.666. The molecule has 1 atom stereocenters. The van der Waals surface area contributed by atoms with Crippen LogP contribution in [0.15, 0.2) is 41.3 Å². The van der Waals surface area contributed by atoms with E-state index >= 15 is 0 Å². The lowest BCUT2D eigenvalue weighted by molar-refractivity contribution is -0.131. The molecule has 1 unspecified atom stereocenters. The van der Waals surface area contributed by atoms with Crippen LogP contribution in [0.3, 0.4) is 0 Å². The van der Waals surface area contributed by atoms with Crippen LogP contribution in [-0.4, -0.2) is 42.1 Å². The molecule has 6 heteroatoms. The highest BCUT2D eigenvalue weighted by Crippen LogP contribution is 2.26. The summed E-state index contributed by atoms with van der Waals surface area (Å²) in [6.45, 7) is 0.115. The van der Waals surface area contributed by atoms with Crippen molar-refractivity contribution in [3.8, 4) is 0 Å². The highest BCUT2D eigenvalue weighted by atomic mass is 19.1. The molecule has 1 aliphatic heterocycles. The van der Waals surface area contributed by atoms with Crippen LogP contribution >= 0.6 is 0 Å². The zero-order valence-electron chi connectivity index (χ0n) is 12.2. The van der Waals surface area contributed by atoms with Crippen molar-refractivity contribution in [1.29, 1.82) is 0 Å². The first kappa shape index (κ1) is 14.4. The SMILES string of the molecule is CN(C)C(=O)C1C=C(F)C(c2ccc3[nH]ccc3c2F)=NC1. The molecule has 2 heterocycles. The Balaban J connectivity index is 1.97. The van der Waals surface area contributed by atoms with Gasteiger partial charge in [-0.05, 0) is 24.3 Å². The monoisotopic (exact) mass is 303 g/mol. The van der Waals surface area contributed by atoms with Crippen LogP contribution in [0.2, 0.25) is 0 Å². The molecule has 0 fully saturated rings. The number of aromatic nitrogens is 1. The fourth-order valence-electron chi connectivity index (χ4n) is 2.55. The zero-order valence-corrected chi connectivity index (χ0v) is 12.2. The number of hydrogen-bond acceptors (Lipinski definition) is 2. The van der Waals surface area contributed by atoms with Crippen LogP contribution in [0.4, 0.5) is 8.78 Å². The van der Waals surface area contributed by atoms with Gasteiger partial charge < -0.3 is 9.88 Å². The molecule has 22 heavy (non-hydrogen) atoms. The summed E-state index contributed by atoms with van der Waals surface area (Å²) >= 11 is 0. The van der Waals surface area contributed by atoms with Crippen molar-refractivity contribution >= 4 is 22.5 Å². The first-order valence-electron chi connectivity index (χ1n) is 6.88. The number of rotatable bonds is 2. The van der Waals surface area contributed by atoms with Crippen molar-refractivity contribution in [2.45, 2.75) is 0 Å². The Morgan fingerprint density at radius 3 is 2.77 bits per heavy atom. The highest BCUT2D eigenvalue weighted by Gasteiger charge is 2.26. The lowest BCUT2D eigenvalue weighted by Gasteiger charge is -2.20. The second-order valence-electron chi connectivity index (χ2n) is 5.41. The Hall–Kier alpha value is -2.50. The normalized spacial score (nSPS) is 18.1. The third-order valence-corrected chi connectivity index (χ3v) is 3.70. The van der Waals surface area contributed by atoms with Crippen LogP contribution in [0.1, 0.15) is 5.56 Å². The van der Waals surface area contributed by atoms with Gasteiger partial charge in [-0.3, -0.25) is 9.79 Å². The van der Waals surface area contributed by atoms with Crippen molar-refractivity contribution < 1.29 is 13.6 Å². The van der Waals surface area contributed by atoms with E-state index in [1.807, 2.05) is 0 Å². The number of nitrogens with one attached hydrogen (secondary N) is 1. The lowest BCUT2D eigenvalue weighted by Crippen LogP contribution is -2.32. The van der Waals surface area contributed by atoms with Crippen molar-refractivity contribution in [3.63, 3.8) is 0 Å². The molecule has 1 aliphatic rings. The average Bonchev–Trinajstić information content (AvgIpc) is 2.97. The quantitative estimate of drug-likeness (QED) is 0.911. The van der Waals surface area contributed by atoms with Crippen LogP contribution in [0, 0.1) is 11.7 Å². The number of aliphatic imine (C=N–C) groups is 1. The summed E-state index contributed by atoms with van der Waals surface area (Å²) in [6, 6.07) is 4.77. The number of fused-ring (bicyclic) bond motifs is 1. The zero-order chi connectivity index (χ0) is 15.9. The first-order chi connectivity index (χ1) is 10.5. The molecule has 0 saturated heterocycles. The molecule has 1 amide bonds. The van der Waals surface area contributed by atoms with Crippen molar-refractivity contribution in [2.24, 2.45) is 10.9 Å². The number of allylic oxidation sites excluding steroid dienone is 1. The van der Waals surface area contributed by atoms with Crippen LogP contribution in [0.25, 0.3) is 10.9 Å². The van der Waals surface area contributed by atoms with Gasteiger partial charge in [0.25, 0.3) is 0 Å². The van der Waals surface area contributed by atoms with E-state index < -0.39 is 17.6 Å². The van der Waals surface area contributed by atoms with Gasteiger partial charge >= 0.3 is 0 Å². The minimum absolute atomic E-state index is 0.0385. The summed E-state index contributed by atoms with van der Waals surface area (Å²) in [5.41, 5.74) is 0.711. The van der Waals surface area contributed by atoms with E-state index in [1.54, 1.807) is 32.4 Å².